The van der Waals surface area contributed by atoms with Crippen LogP contribution in [0.3, 0.4) is 0 Å². The number of hydrogen-bond acceptors (Lipinski definition) is 2. The van der Waals surface area contributed by atoms with Crippen LogP contribution < -0.4 is 5.32 Å². The molecule has 0 heterocycles. The number of benzene rings is 2. The largest absolute Gasteiger partial charge is 0.506 e. The Morgan fingerprint density at radius 1 is 1.05 bits per heavy atom. The molecule has 0 aromatic heterocycles. The Labute approximate surface area is 129 Å². The molecule has 0 amide bonds. The molecule has 20 heavy (non-hydrogen) atoms. The van der Waals surface area contributed by atoms with E-state index in [1.807, 2.05) is 30.3 Å². The van der Waals surface area contributed by atoms with Crippen LogP contribution in [0.5, 0.6) is 5.75 Å². The third kappa shape index (κ3) is 4.41. The van der Waals surface area contributed by atoms with Gasteiger partial charge in [-0.25, -0.2) is 0 Å². The van der Waals surface area contributed by atoms with E-state index in [-0.39, 0.29) is 5.75 Å². The van der Waals surface area contributed by atoms with Gasteiger partial charge in [-0.1, -0.05) is 41.4 Å². The second-order valence-electron chi connectivity index (χ2n) is 4.90. The predicted octanol–water partition coefficient (Wildman–Crippen LogP) is 4.42. The predicted molar refractivity (Wildman–Crippen MR) is 84.6 cm³/mol. The Kier molecular flexibility index (Phi) is 5.30. The van der Waals surface area contributed by atoms with Gasteiger partial charge in [-0.2, -0.15) is 0 Å². The summed E-state index contributed by atoms with van der Waals surface area (Å²) in [5.74, 6) is 0.115. The molecule has 0 radical (unpaired) electrons. The van der Waals surface area contributed by atoms with Crippen LogP contribution in [-0.4, -0.2) is 11.1 Å². The second-order valence-corrected chi connectivity index (χ2v) is 5.74. The lowest BCUT2D eigenvalue weighted by molar-refractivity contribution is 0.475. The third-order valence-electron chi connectivity index (χ3n) is 3.12. The number of hydrogen-bond donors (Lipinski definition) is 2. The maximum absolute atomic E-state index is 9.38. The topological polar surface area (TPSA) is 32.3 Å². The average Bonchev–Trinajstić information content (AvgIpc) is 2.43. The molecule has 0 aliphatic carbocycles. The highest BCUT2D eigenvalue weighted by atomic mass is 35.5. The minimum Gasteiger partial charge on any atom is -0.506 e. The summed E-state index contributed by atoms with van der Waals surface area (Å²) in [4.78, 5) is 0. The summed E-state index contributed by atoms with van der Waals surface area (Å²) in [7, 11) is 0. The van der Waals surface area contributed by atoms with Gasteiger partial charge in [0.05, 0.1) is 5.02 Å². The van der Waals surface area contributed by atoms with Gasteiger partial charge in [0, 0.05) is 17.6 Å². The van der Waals surface area contributed by atoms with Crippen molar-refractivity contribution in [2.45, 2.75) is 25.9 Å². The third-order valence-corrected chi connectivity index (χ3v) is 3.68. The lowest BCUT2D eigenvalue weighted by Crippen LogP contribution is -2.27. The summed E-state index contributed by atoms with van der Waals surface area (Å²) in [5.41, 5.74) is 2.30. The maximum Gasteiger partial charge on any atom is 0.134 e. The first-order valence-electron chi connectivity index (χ1n) is 6.50. The Morgan fingerprint density at radius 3 is 2.35 bits per heavy atom. The fourth-order valence-electron chi connectivity index (χ4n) is 2.00. The van der Waals surface area contributed by atoms with Crippen molar-refractivity contribution in [1.29, 1.82) is 0 Å². The van der Waals surface area contributed by atoms with E-state index >= 15 is 0 Å². The van der Waals surface area contributed by atoms with Crippen molar-refractivity contribution in [3.05, 3.63) is 63.6 Å². The van der Waals surface area contributed by atoms with Gasteiger partial charge in [0.2, 0.25) is 0 Å². The molecule has 2 N–H and O–H groups in total. The molecular weight excluding hydrogens is 293 g/mol. The van der Waals surface area contributed by atoms with Gasteiger partial charge in [-0.05, 0) is 48.7 Å². The van der Waals surface area contributed by atoms with Crippen LogP contribution in [0, 0.1) is 0 Å². The van der Waals surface area contributed by atoms with Crippen molar-refractivity contribution >= 4 is 23.2 Å². The minimum absolute atomic E-state index is 0.115. The van der Waals surface area contributed by atoms with E-state index in [0.29, 0.717) is 11.1 Å². The molecule has 1 atom stereocenters. The van der Waals surface area contributed by atoms with Crippen LogP contribution in [0.2, 0.25) is 10.0 Å². The summed E-state index contributed by atoms with van der Waals surface area (Å²) >= 11 is 11.8. The van der Waals surface area contributed by atoms with Crippen molar-refractivity contribution < 1.29 is 5.11 Å². The highest BCUT2D eigenvalue weighted by molar-refractivity contribution is 6.32. The van der Waals surface area contributed by atoms with Crippen LogP contribution in [0.4, 0.5) is 0 Å². The number of rotatable bonds is 5. The van der Waals surface area contributed by atoms with Gasteiger partial charge in [0.25, 0.3) is 0 Å². The quantitative estimate of drug-likeness (QED) is 0.857. The summed E-state index contributed by atoms with van der Waals surface area (Å²) in [6.45, 7) is 2.85. The van der Waals surface area contributed by atoms with E-state index in [1.165, 1.54) is 5.56 Å². The molecule has 2 rings (SSSR count). The number of phenols is 1. The number of halogens is 2. The van der Waals surface area contributed by atoms with Gasteiger partial charge in [0.1, 0.15) is 5.75 Å². The first-order chi connectivity index (χ1) is 9.54. The molecule has 106 valence electrons. The Hall–Kier alpha value is -1.22. The van der Waals surface area contributed by atoms with Crippen LogP contribution >= 0.6 is 23.2 Å². The Balaban J connectivity index is 1.86. The number of aromatic hydroxyl groups is 1. The fourth-order valence-corrected chi connectivity index (χ4v) is 2.33. The molecule has 0 spiro atoms. The van der Waals surface area contributed by atoms with Crippen molar-refractivity contribution in [2.75, 3.05) is 0 Å². The summed E-state index contributed by atoms with van der Waals surface area (Å²) in [6.07, 6.45) is 0.934. The first-order valence-corrected chi connectivity index (χ1v) is 7.25. The van der Waals surface area contributed by atoms with E-state index in [2.05, 4.69) is 12.2 Å². The van der Waals surface area contributed by atoms with Gasteiger partial charge in [0.15, 0.2) is 0 Å². The van der Waals surface area contributed by atoms with Crippen molar-refractivity contribution in [2.24, 2.45) is 0 Å². The molecule has 0 saturated carbocycles. The SMILES string of the molecule is CC(Cc1ccc(Cl)cc1)NCc1ccc(O)c(Cl)c1. The molecule has 2 nitrogen and oxygen atoms in total. The van der Waals surface area contributed by atoms with Gasteiger partial charge in [-0.3, -0.25) is 0 Å². The van der Waals surface area contributed by atoms with Crippen LogP contribution in [0.15, 0.2) is 42.5 Å². The van der Waals surface area contributed by atoms with Crippen molar-refractivity contribution in [3.8, 4) is 5.75 Å². The van der Waals surface area contributed by atoms with Gasteiger partial charge < -0.3 is 10.4 Å². The molecule has 0 aliphatic heterocycles. The lowest BCUT2D eigenvalue weighted by atomic mass is 10.1. The van der Waals surface area contributed by atoms with E-state index in [9.17, 15) is 5.11 Å². The monoisotopic (exact) mass is 309 g/mol. The molecule has 0 saturated heterocycles. The maximum atomic E-state index is 9.38. The zero-order valence-electron chi connectivity index (χ0n) is 11.2. The fraction of sp³-hybridized carbons (Fsp3) is 0.250. The van der Waals surface area contributed by atoms with Crippen LogP contribution in [0.25, 0.3) is 0 Å². The van der Waals surface area contributed by atoms with E-state index < -0.39 is 0 Å². The molecule has 0 fully saturated rings. The Morgan fingerprint density at radius 2 is 1.70 bits per heavy atom. The normalized spacial score (nSPS) is 12.3. The summed E-state index contributed by atoms with van der Waals surface area (Å²) < 4.78 is 0. The molecule has 4 heteroatoms. The lowest BCUT2D eigenvalue weighted by Gasteiger charge is -2.14. The zero-order chi connectivity index (χ0) is 14.5. The smallest absolute Gasteiger partial charge is 0.134 e. The molecule has 2 aromatic rings. The number of nitrogens with one attached hydrogen (secondary N) is 1. The highest BCUT2D eigenvalue weighted by Crippen LogP contribution is 2.23. The van der Waals surface area contributed by atoms with Crippen molar-refractivity contribution in [1.82, 2.24) is 5.32 Å². The van der Waals surface area contributed by atoms with E-state index in [0.717, 1.165) is 23.6 Å². The molecule has 2 aromatic carbocycles. The molecule has 0 bridgehead atoms. The second kappa shape index (κ2) is 6.98. The highest BCUT2D eigenvalue weighted by Gasteiger charge is 2.05. The van der Waals surface area contributed by atoms with Gasteiger partial charge in [-0.15, -0.1) is 0 Å². The van der Waals surface area contributed by atoms with E-state index in [4.69, 9.17) is 23.2 Å². The van der Waals surface area contributed by atoms with Crippen LogP contribution in [0.1, 0.15) is 18.1 Å². The minimum atomic E-state index is 0.115. The standard InChI is InChI=1S/C16H17Cl2NO/c1-11(8-12-2-5-14(17)6-3-12)19-10-13-4-7-16(20)15(18)9-13/h2-7,9,11,19-20H,8,10H2,1H3. The Bertz CT molecular complexity index is 569. The zero-order valence-corrected chi connectivity index (χ0v) is 12.7. The summed E-state index contributed by atoms with van der Waals surface area (Å²) in [6, 6.07) is 13.5. The van der Waals surface area contributed by atoms with E-state index in [1.54, 1.807) is 12.1 Å². The van der Waals surface area contributed by atoms with Crippen molar-refractivity contribution in [3.63, 3.8) is 0 Å². The summed E-state index contributed by atoms with van der Waals surface area (Å²) in [5, 5.41) is 14.0. The molecule has 0 aliphatic rings. The first kappa shape index (κ1) is 15.2. The van der Waals surface area contributed by atoms with Gasteiger partial charge >= 0.3 is 0 Å². The molecular formula is C16H17Cl2NO. The number of phenolic OH excluding ortho intramolecular Hbond substituents is 1. The van der Waals surface area contributed by atoms with Crippen LogP contribution in [-0.2, 0) is 13.0 Å². The molecule has 1 unspecified atom stereocenters. The average molecular weight is 310 g/mol.